The molecule has 0 unspecified atom stereocenters. The lowest BCUT2D eigenvalue weighted by molar-refractivity contribution is -0.0495. The van der Waals surface area contributed by atoms with Crippen LogP contribution in [0.5, 0.6) is 5.75 Å². The van der Waals surface area contributed by atoms with Crippen molar-refractivity contribution in [3.63, 3.8) is 0 Å². The SMILES string of the molecule is CCN(CC)S(=O)(=O)c1cc(C(=O)N2CCCc3cccc(OC(F)F)c32)ccc1Cl. The molecule has 0 radical (unpaired) electrons. The first kappa shape index (κ1) is 23.4. The summed E-state index contributed by atoms with van der Waals surface area (Å²) < 4.78 is 57.6. The maximum Gasteiger partial charge on any atom is 0.387 e. The number of carbonyl (C=O) groups is 1. The fraction of sp³-hybridized carbons (Fsp3) is 0.381. The van der Waals surface area contributed by atoms with E-state index in [-0.39, 0.29) is 46.6 Å². The van der Waals surface area contributed by atoms with Gasteiger partial charge in [-0.3, -0.25) is 4.79 Å². The smallest absolute Gasteiger partial charge is 0.387 e. The molecule has 168 valence electrons. The molecule has 0 saturated carbocycles. The van der Waals surface area contributed by atoms with Gasteiger partial charge in [-0.2, -0.15) is 13.1 Å². The van der Waals surface area contributed by atoms with Crippen molar-refractivity contribution in [1.29, 1.82) is 0 Å². The molecule has 2 aromatic rings. The summed E-state index contributed by atoms with van der Waals surface area (Å²) in [5.41, 5.74) is 1.08. The van der Waals surface area contributed by atoms with Crippen LogP contribution >= 0.6 is 11.6 Å². The number of hydrogen-bond donors (Lipinski definition) is 0. The molecule has 31 heavy (non-hydrogen) atoms. The zero-order valence-electron chi connectivity index (χ0n) is 17.1. The molecule has 3 rings (SSSR count). The second-order valence-corrected chi connectivity index (χ2v) is 9.25. The Morgan fingerprint density at radius 3 is 2.58 bits per heavy atom. The number of nitrogens with zero attached hydrogens (tertiary/aromatic N) is 2. The largest absolute Gasteiger partial charge is 0.433 e. The van der Waals surface area contributed by atoms with E-state index in [0.29, 0.717) is 18.4 Å². The maximum atomic E-state index is 13.3. The summed E-state index contributed by atoms with van der Waals surface area (Å²) in [7, 11) is -3.90. The summed E-state index contributed by atoms with van der Waals surface area (Å²) in [6.07, 6.45) is 1.25. The van der Waals surface area contributed by atoms with Crippen molar-refractivity contribution in [2.24, 2.45) is 0 Å². The number of fused-ring (bicyclic) bond motifs is 1. The van der Waals surface area contributed by atoms with E-state index in [9.17, 15) is 22.0 Å². The normalized spacial score (nSPS) is 14.1. The van der Waals surface area contributed by atoms with Gasteiger partial charge in [-0.1, -0.05) is 37.6 Å². The lowest BCUT2D eigenvalue weighted by Crippen LogP contribution is -2.36. The molecule has 1 aliphatic heterocycles. The summed E-state index contributed by atoms with van der Waals surface area (Å²) in [6, 6.07) is 8.76. The number of sulfonamides is 1. The number of rotatable bonds is 7. The summed E-state index contributed by atoms with van der Waals surface area (Å²) in [4.78, 5) is 14.5. The third kappa shape index (κ3) is 4.68. The molecular weight excluding hydrogens is 450 g/mol. The molecule has 1 amide bonds. The van der Waals surface area contributed by atoms with Gasteiger partial charge in [-0.25, -0.2) is 8.42 Å². The van der Waals surface area contributed by atoms with Gasteiger partial charge in [0.15, 0.2) is 0 Å². The third-order valence-corrected chi connectivity index (χ3v) is 7.67. The average Bonchev–Trinajstić information content (AvgIpc) is 2.73. The predicted octanol–water partition coefficient (Wildman–Crippen LogP) is 4.56. The van der Waals surface area contributed by atoms with E-state index < -0.39 is 22.5 Å². The van der Waals surface area contributed by atoms with Gasteiger partial charge in [-0.15, -0.1) is 0 Å². The van der Waals surface area contributed by atoms with Crippen LogP contribution in [0.2, 0.25) is 5.02 Å². The van der Waals surface area contributed by atoms with E-state index in [1.165, 1.54) is 33.5 Å². The zero-order chi connectivity index (χ0) is 22.8. The van der Waals surface area contributed by atoms with E-state index >= 15 is 0 Å². The van der Waals surface area contributed by atoms with Crippen molar-refractivity contribution in [3.8, 4) is 5.75 Å². The molecule has 1 aliphatic rings. The highest BCUT2D eigenvalue weighted by atomic mass is 35.5. The molecule has 6 nitrogen and oxygen atoms in total. The molecule has 0 fully saturated rings. The number of benzene rings is 2. The van der Waals surface area contributed by atoms with Gasteiger partial charge in [0.2, 0.25) is 10.0 Å². The quantitative estimate of drug-likeness (QED) is 0.592. The van der Waals surface area contributed by atoms with E-state index in [4.69, 9.17) is 11.6 Å². The summed E-state index contributed by atoms with van der Waals surface area (Å²) >= 11 is 6.16. The minimum absolute atomic E-state index is 0.00390. The monoisotopic (exact) mass is 472 g/mol. The molecule has 0 N–H and O–H groups in total. The molecule has 10 heteroatoms. The molecule has 0 saturated heterocycles. The molecule has 2 aromatic carbocycles. The van der Waals surface area contributed by atoms with Gasteiger partial charge in [0.1, 0.15) is 10.6 Å². The van der Waals surface area contributed by atoms with Crippen LogP contribution in [0.15, 0.2) is 41.3 Å². The topological polar surface area (TPSA) is 66.9 Å². The highest BCUT2D eigenvalue weighted by Gasteiger charge is 2.30. The Hall–Kier alpha value is -2.23. The number of ether oxygens (including phenoxy) is 1. The Labute approximate surface area is 185 Å². The number of hydrogen-bond acceptors (Lipinski definition) is 4. The number of carbonyl (C=O) groups excluding carboxylic acids is 1. The Morgan fingerprint density at radius 2 is 1.94 bits per heavy atom. The highest BCUT2D eigenvalue weighted by Crippen LogP contribution is 2.38. The molecular formula is C21H23ClF2N2O4S. The van der Waals surface area contributed by atoms with Crippen LogP contribution in [0.4, 0.5) is 14.5 Å². The van der Waals surface area contributed by atoms with E-state index in [2.05, 4.69) is 4.74 Å². The second kappa shape index (κ2) is 9.50. The standard InChI is InChI=1S/C21H23ClF2N2O4S/c1-3-25(4-2)31(28,29)18-13-15(10-11-16(18)22)20(27)26-12-6-8-14-7-5-9-17(19(14)26)30-21(23)24/h5,7,9-11,13,21H,3-4,6,8,12H2,1-2H3. The summed E-state index contributed by atoms with van der Waals surface area (Å²) in [5, 5.41) is 0.00390. The van der Waals surface area contributed by atoms with Gasteiger partial charge in [0.05, 0.1) is 10.7 Å². The number of para-hydroxylation sites is 1. The van der Waals surface area contributed by atoms with Crippen molar-refractivity contribution < 1.29 is 26.7 Å². The lowest BCUT2D eigenvalue weighted by atomic mass is 10.00. The van der Waals surface area contributed by atoms with Crippen molar-refractivity contribution >= 4 is 33.2 Å². The number of aryl methyl sites for hydroxylation is 1. The Morgan fingerprint density at radius 1 is 1.23 bits per heavy atom. The number of amides is 1. The van der Waals surface area contributed by atoms with Crippen LogP contribution < -0.4 is 9.64 Å². The Balaban J connectivity index is 2.05. The number of alkyl halides is 2. The lowest BCUT2D eigenvalue weighted by Gasteiger charge is -2.31. The van der Waals surface area contributed by atoms with E-state index in [0.717, 1.165) is 0 Å². The van der Waals surface area contributed by atoms with Gasteiger partial charge in [0.25, 0.3) is 5.91 Å². The molecule has 0 aliphatic carbocycles. The number of anilines is 1. The van der Waals surface area contributed by atoms with Gasteiger partial charge in [-0.05, 0) is 42.7 Å². The van der Waals surface area contributed by atoms with Crippen LogP contribution in [0, 0.1) is 0 Å². The minimum atomic E-state index is -3.90. The van der Waals surface area contributed by atoms with Gasteiger partial charge in [0, 0.05) is 25.2 Å². The predicted molar refractivity (Wildman–Crippen MR) is 115 cm³/mol. The summed E-state index contributed by atoms with van der Waals surface area (Å²) in [6.45, 7) is 1.17. The van der Waals surface area contributed by atoms with Crippen LogP contribution in [0.25, 0.3) is 0 Å². The Kier molecular flexibility index (Phi) is 7.18. The number of halogens is 3. The first-order valence-electron chi connectivity index (χ1n) is 9.89. The van der Waals surface area contributed by atoms with Gasteiger partial charge < -0.3 is 9.64 Å². The molecule has 1 heterocycles. The van der Waals surface area contributed by atoms with Gasteiger partial charge >= 0.3 is 6.61 Å². The maximum absolute atomic E-state index is 13.3. The average molecular weight is 473 g/mol. The fourth-order valence-corrected chi connectivity index (χ4v) is 5.66. The van der Waals surface area contributed by atoms with Crippen molar-refractivity contribution in [2.45, 2.75) is 38.2 Å². The van der Waals surface area contributed by atoms with Crippen molar-refractivity contribution in [3.05, 3.63) is 52.5 Å². The first-order chi connectivity index (χ1) is 14.7. The van der Waals surface area contributed by atoms with Crippen molar-refractivity contribution in [1.82, 2.24) is 4.31 Å². The van der Waals surface area contributed by atoms with Crippen LogP contribution in [-0.4, -0.2) is 44.9 Å². The molecule has 0 bridgehead atoms. The zero-order valence-corrected chi connectivity index (χ0v) is 18.7. The molecule has 0 atom stereocenters. The molecule has 0 aromatic heterocycles. The third-order valence-electron chi connectivity index (χ3n) is 5.14. The van der Waals surface area contributed by atoms with E-state index in [1.807, 2.05) is 0 Å². The first-order valence-corrected chi connectivity index (χ1v) is 11.7. The van der Waals surface area contributed by atoms with Crippen LogP contribution in [-0.2, 0) is 16.4 Å². The second-order valence-electron chi connectivity index (χ2n) is 6.94. The van der Waals surface area contributed by atoms with E-state index in [1.54, 1.807) is 26.0 Å². The van der Waals surface area contributed by atoms with Crippen LogP contribution in [0.3, 0.4) is 0 Å². The van der Waals surface area contributed by atoms with Crippen LogP contribution in [0.1, 0.15) is 36.2 Å². The minimum Gasteiger partial charge on any atom is -0.433 e. The van der Waals surface area contributed by atoms with Crippen molar-refractivity contribution in [2.75, 3.05) is 24.5 Å². The summed E-state index contributed by atoms with van der Waals surface area (Å²) in [5.74, 6) is -0.607. The Bertz CT molecular complexity index is 1080. The fourth-order valence-electron chi connectivity index (χ4n) is 3.70. The highest BCUT2D eigenvalue weighted by molar-refractivity contribution is 7.89. The molecule has 0 spiro atoms.